The maximum Gasteiger partial charge on any atom is 0.265 e. The van der Waals surface area contributed by atoms with Crippen LogP contribution in [0.5, 0.6) is 40.2 Å². The van der Waals surface area contributed by atoms with Gasteiger partial charge in [0.25, 0.3) is 17.7 Å². The Kier molecular flexibility index (Phi) is 13.9. The Morgan fingerprint density at radius 1 is 0.512 bits per heavy atom. The van der Waals surface area contributed by atoms with Crippen molar-refractivity contribution in [3.05, 3.63) is 220 Å². The first kappa shape index (κ1) is 53.4. The van der Waals surface area contributed by atoms with E-state index < -0.39 is 29.5 Å². The number of carbonyl (C=O) groups is 4. The molecule has 0 spiro atoms. The number of anilines is 1. The van der Waals surface area contributed by atoms with Gasteiger partial charge in [-0.15, -0.1) is 0 Å². The second-order valence-electron chi connectivity index (χ2n) is 22.8. The van der Waals surface area contributed by atoms with Crippen LogP contribution in [0.3, 0.4) is 0 Å². The van der Waals surface area contributed by atoms with Crippen LogP contribution < -0.4 is 29.1 Å². The van der Waals surface area contributed by atoms with Gasteiger partial charge in [-0.2, -0.15) is 0 Å². The van der Waals surface area contributed by atoms with Gasteiger partial charge < -0.3 is 18.9 Å². The van der Waals surface area contributed by atoms with Crippen molar-refractivity contribution in [2.45, 2.75) is 92.9 Å². The van der Waals surface area contributed by atoms with E-state index in [2.05, 4.69) is 55.4 Å². The minimum absolute atomic E-state index is 0.0281. The smallest absolute Gasteiger partial charge is 0.265 e. The number of para-hydroxylation sites is 5. The third-order valence-electron chi connectivity index (χ3n) is 15.9. The van der Waals surface area contributed by atoms with Crippen LogP contribution in [0.4, 0.5) is 5.69 Å². The average molecular weight is 1090 g/mol. The van der Waals surface area contributed by atoms with Crippen LogP contribution in [0.15, 0.2) is 181 Å². The molecule has 0 fully saturated rings. The fourth-order valence-electron chi connectivity index (χ4n) is 12.4. The SMILES string of the molecule is CC=CC(=C(CC(C)C)N1C(=O)c2cc(Oc3ccccc3)c3c4c5c6c(cc(Oc7ccccc7)c5c5c(Oc7ccccc7)cc(c2c35)C1=O)C(=O)N(c1c(C(C)C)cccc1C(C)C)C(=O)C6CC=4Oc1ccccc1)C(C)C. The van der Waals surface area contributed by atoms with Crippen molar-refractivity contribution in [2.75, 3.05) is 4.90 Å². The van der Waals surface area contributed by atoms with Gasteiger partial charge in [0.15, 0.2) is 0 Å². The van der Waals surface area contributed by atoms with Gasteiger partial charge in [-0.3, -0.25) is 19.2 Å². The van der Waals surface area contributed by atoms with Crippen molar-refractivity contribution in [1.82, 2.24) is 4.90 Å². The lowest BCUT2D eigenvalue weighted by Gasteiger charge is -2.39. The molecule has 1 atom stereocenters. The second kappa shape index (κ2) is 21.3. The molecular weight excluding hydrogens is 1020 g/mol. The standard InChI is InChI=1S/C72H64N2O8/c1-10-24-48(41(4)5)55(35-40(2)3)73-69(75)51-36-56(79-44-25-15-11-16-26-44)62-64-58(81-46-29-19-13-20-30-46)38-53-61-54(72(78)74(71(53)77)68-49(42(6)7)33-23-34-50(68)43(8)9)39-59(82-47-31-21-14-22-32-47)65(67(61)64)63-57(80-45-27-17-12-18-28-45)37-52(70(73)76)60(51)66(62)63/h10-34,36-38,40-43,54H,35,39H2,1-9H3. The Morgan fingerprint density at radius 3 is 1.41 bits per heavy atom. The first-order valence-electron chi connectivity index (χ1n) is 28.4. The quantitative estimate of drug-likeness (QED) is 0.0407. The number of amides is 4. The van der Waals surface area contributed by atoms with Crippen LogP contribution in [0.25, 0.3) is 38.1 Å². The molecule has 1 unspecified atom stereocenters. The van der Waals surface area contributed by atoms with Gasteiger partial charge >= 0.3 is 0 Å². The van der Waals surface area contributed by atoms with Gasteiger partial charge in [0.2, 0.25) is 5.91 Å². The van der Waals surface area contributed by atoms with Crippen molar-refractivity contribution in [1.29, 1.82) is 0 Å². The highest BCUT2D eigenvalue weighted by molar-refractivity contribution is 6.38. The number of imide groups is 2. The van der Waals surface area contributed by atoms with E-state index in [1.807, 2.05) is 159 Å². The number of fused-ring (bicyclic) bond motifs is 2. The molecule has 9 aromatic carbocycles. The number of ether oxygens (including phenoxy) is 4. The van der Waals surface area contributed by atoms with Crippen LogP contribution in [-0.2, 0) is 4.79 Å². The molecule has 0 aromatic heterocycles. The van der Waals surface area contributed by atoms with Crippen LogP contribution in [0.2, 0.25) is 0 Å². The van der Waals surface area contributed by atoms with Crippen molar-refractivity contribution >= 4 is 67.4 Å². The fourth-order valence-corrected chi connectivity index (χ4v) is 12.4. The average Bonchev–Trinajstić information content (AvgIpc) is 0.832. The Hall–Kier alpha value is -9.28. The van der Waals surface area contributed by atoms with E-state index in [-0.39, 0.29) is 64.0 Å². The lowest BCUT2D eigenvalue weighted by Crippen LogP contribution is -2.47. The predicted octanol–water partition coefficient (Wildman–Crippen LogP) is 17.5. The first-order valence-corrected chi connectivity index (χ1v) is 28.4. The Labute approximate surface area is 477 Å². The number of carbonyl (C=O) groups excluding carboxylic acids is 4. The maximum atomic E-state index is 16.2. The summed E-state index contributed by atoms with van der Waals surface area (Å²) in [4.78, 5) is 67.2. The lowest BCUT2D eigenvalue weighted by atomic mass is 9.74. The van der Waals surface area contributed by atoms with Crippen molar-refractivity contribution in [3.63, 3.8) is 0 Å². The largest absolute Gasteiger partial charge is 0.461 e. The fraction of sp³-hybridized carbons (Fsp3) is 0.222. The molecular formula is C72H64N2O8. The van der Waals surface area contributed by atoms with E-state index in [1.54, 1.807) is 18.2 Å². The van der Waals surface area contributed by atoms with E-state index in [1.165, 1.54) is 9.80 Å². The summed E-state index contributed by atoms with van der Waals surface area (Å²) in [5, 5.41) is 3.37. The first-order chi connectivity index (χ1) is 39.6. The third-order valence-corrected chi connectivity index (χ3v) is 15.9. The zero-order valence-electron chi connectivity index (χ0n) is 47.6. The summed E-state index contributed by atoms with van der Waals surface area (Å²) in [5.41, 5.74) is 5.10. The molecule has 82 heavy (non-hydrogen) atoms. The highest BCUT2D eigenvalue weighted by Gasteiger charge is 2.48. The highest BCUT2D eigenvalue weighted by atomic mass is 16.5. The molecule has 0 saturated heterocycles. The number of rotatable bonds is 16. The zero-order chi connectivity index (χ0) is 57.2. The van der Waals surface area contributed by atoms with Crippen LogP contribution in [0, 0.1) is 11.8 Å². The predicted molar refractivity (Wildman–Crippen MR) is 325 cm³/mol. The Balaban J connectivity index is 1.31. The zero-order valence-corrected chi connectivity index (χ0v) is 47.6. The molecule has 10 heteroatoms. The highest BCUT2D eigenvalue weighted by Crippen LogP contribution is 2.55. The van der Waals surface area contributed by atoms with Crippen molar-refractivity contribution in [3.8, 4) is 40.2 Å². The van der Waals surface area contributed by atoms with Crippen molar-refractivity contribution in [2.24, 2.45) is 11.8 Å². The lowest BCUT2D eigenvalue weighted by molar-refractivity contribution is -0.119. The van der Waals surface area contributed by atoms with Crippen LogP contribution in [0.1, 0.15) is 141 Å². The summed E-state index contributed by atoms with van der Waals surface area (Å²) < 4.78 is 28.7. The number of nitrogens with zero attached hydrogens (tertiary/aromatic N) is 2. The summed E-state index contributed by atoms with van der Waals surface area (Å²) in [6.07, 6.45) is 4.41. The molecule has 1 aliphatic carbocycles. The van der Waals surface area contributed by atoms with Gasteiger partial charge in [-0.05, 0) is 126 Å². The van der Waals surface area contributed by atoms with E-state index in [4.69, 9.17) is 18.9 Å². The number of hydrogen-bond donors (Lipinski definition) is 0. The minimum Gasteiger partial charge on any atom is -0.461 e. The molecule has 0 bridgehead atoms. The third kappa shape index (κ3) is 8.97. The minimum atomic E-state index is -0.948. The van der Waals surface area contributed by atoms with Gasteiger partial charge in [-0.25, -0.2) is 9.80 Å². The summed E-state index contributed by atoms with van der Waals surface area (Å²) in [5.74, 6) is 0.321. The monoisotopic (exact) mass is 1080 g/mol. The van der Waals surface area contributed by atoms with Gasteiger partial charge in [0.05, 0.1) is 22.7 Å². The van der Waals surface area contributed by atoms with Gasteiger partial charge in [-0.1, -0.05) is 159 Å². The van der Waals surface area contributed by atoms with E-state index in [9.17, 15) is 0 Å². The van der Waals surface area contributed by atoms with Crippen molar-refractivity contribution < 1.29 is 38.1 Å². The molecule has 410 valence electrons. The molecule has 2 heterocycles. The van der Waals surface area contributed by atoms with E-state index >= 15 is 19.2 Å². The number of hydrogen-bond acceptors (Lipinski definition) is 8. The second-order valence-corrected chi connectivity index (χ2v) is 22.8. The molecule has 12 rings (SSSR count). The molecule has 0 saturated carbocycles. The number of benzene rings is 9. The molecule has 0 radical (unpaired) electrons. The number of allylic oxidation sites excluding steroid dienone is 4. The van der Waals surface area contributed by atoms with E-state index in [0.717, 1.165) is 16.7 Å². The summed E-state index contributed by atoms with van der Waals surface area (Å²) in [6, 6.07) is 48.7. The summed E-state index contributed by atoms with van der Waals surface area (Å²) in [6.45, 7) is 18.5. The molecule has 10 nitrogen and oxygen atoms in total. The van der Waals surface area contributed by atoms with E-state index in [0.29, 0.717) is 89.7 Å². The summed E-state index contributed by atoms with van der Waals surface area (Å²) in [7, 11) is 0. The molecule has 2 aliphatic heterocycles. The normalized spacial score (nSPS) is 15.4. The summed E-state index contributed by atoms with van der Waals surface area (Å²) >= 11 is 0. The van der Waals surface area contributed by atoms with Crippen LogP contribution >= 0.6 is 0 Å². The molecule has 3 aliphatic rings. The molecule has 0 N–H and O–H groups in total. The maximum absolute atomic E-state index is 16.2. The van der Waals surface area contributed by atoms with Crippen LogP contribution in [-0.4, -0.2) is 28.5 Å². The molecule has 4 amide bonds. The Bertz CT molecular complexity index is 4150. The van der Waals surface area contributed by atoms with Gasteiger partial charge in [0.1, 0.15) is 46.0 Å². The molecule has 9 aromatic rings. The van der Waals surface area contributed by atoms with Gasteiger partial charge in [0, 0.05) is 55.2 Å². The Morgan fingerprint density at radius 2 is 0.963 bits per heavy atom. The topological polar surface area (TPSA) is 112 Å².